The predicted molar refractivity (Wildman–Crippen MR) is 66.3 cm³/mol. The van der Waals surface area contributed by atoms with Crippen LogP contribution in [0.2, 0.25) is 0 Å². The molecule has 0 atom stereocenters. The SMILES string of the molecule is CCN=C(C(C)=CN)c1csc(C(=O)O)c1. The molecule has 0 aliphatic heterocycles. The van der Waals surface area contributed by atoms with Crippen molar-refractivity contribution in [1.29, 1.82) is 0 Å². The first-order valence-corrected chi connectivity index (χ1v) is 5.73. The highest BCUT2D eigenvalue weighted by molar-refractivity contribution is 7.12. The monoisotopic (exact) mass is 238 g/mol. The molecule has 4 nitrogen and oxygen atoms in total. The first-order valence-electron chi connectivity index (χ1n) is 4.85. The summed E-state index contributed by atoms with van der Waals surface area (Å²) < 4.78 is 0. The molecule has 0 aromatic carbocycles. The van der Waals surface area contributed by atoms with E-state index in [9.17, 15) is 4.79 Å². The number of hydrogen-bond donors (Lipinski definition) is 2. The van der Waals surface area contributed by atoms with E-state index in [0.717, 1.165) is 16.8 Å². The van der Waals surface area contributed by atoms with Gasteiger partial charge in [-0.3, -0.25) is 4.99 Å². The van der Waals surface area contributed by atoms with Crippen LogP contribution in [0.3, 0.4) is 0 Å². The van der Waals surface area contributed by atoms with Gasteiger partial charge in [0.15, 0.2) is 0 Å². The molecule has 0 saturated carbocycles. The molecule has 1 aromatic heterocycles. The lowest BCUT2D eigenvalue weighted by atomic mass is 10.1. The Bertz CT molecular complexity index is 447. The van der Waals surface area contributed by atoms with Gasteiger partial charge in [-0.25, -0.2) is 4.79 Å². The molecule has 0 fully saturated rings. The van der Waals surface area contributed by atoms with Crippen molar-refractivity contribution in [3.8, 4) is 0 Å². The van der Waals surface area contributed by atoms with Gasteiger partial charge < -0.3 is 10.8 Å². The molecule has 0 bridgehead atoms. The molecular formula is C11H14N2O2S. The van der Waals surface area contributed by atoms with E-state index in [-0.39, 0.29) is 0 Å². The van der Waals surface area contributed by atoms with Crippen LogP contribution >= 0.6 is 11.3 Å². The van der Waals surface area contributed by atoms with E-state index >= 15 is 0 Å². The standard InChI is InChI=1S/C11H14N2O2S/c1-3-13-10(7(2)5-12)8-4-9(11(14)15)16-6-8/h4-6H,3,12H2,1-2H3,(H,14,15). The lowest BCUT2D eigenvalue weighted by Gasteiger charge is -2.03. The lowest BCUT2D eigenvalue weighted by Crippen LogP contribution is -2.04. The summed E-state index contributed by atoms with van der Waals surface area (Å²) in [6, 6.07) is 1.62. The number of aliphatic imine (C=N–C) groups is 1. The van der Waals surface area contributed by atoms with Crippen molar-refractivity contribution in [3.63, 3.8) is 0 Å². The third-order valence-corrected chi connectivity index (χ3v) is 2.94. The average molecular weight is 238 g/mol. The molecule has 0 unspecified atom stereocenters. The average Bonchev–Trinajstić information content (AvgIpc) is 2.74. The van der Waals surface area contributed by atoms with Crippen LogP contribution in [-0.2, 0) is 0 Å². The number of carbonyl (C=O) groups is 1. The van der Waals surface area contributed by atoms with E-state index in [1.165, 1.54) is 17.5 Å². The van der Waals surface area contributed by atoms with Crippen molar-refractivity contribution in [2.75, 3.05) is 6.54 Å². The van der Waals surface area contributed by atoms with Crippen molar-refractivity contribution in [2.45, 2.75) is 13.8 Å². The van der Waals surface area contributed by atoms with E-state index in [2.05, 4.69) is 4.99 Å². The van der Waals surface area contributed by atoms with E-state index in [0.29, 0.717) is 11.4 Å². The second kappa shape index (κ2) is 5.46. The highest BCUT2D eigenvalue weighted by atomic mass is 32.1. The zero-order valence-electron chi connectivity index (χ0n) is 9.23. The zero-order valence-corrected chi connectivity index (χ0v) is 10.0. The van der Waals surface area contributed by atoms with Crippen LogP contribution in [0.5, 0.6) is 0 Å². The fourth-order valence-corrected chi connectivity index (χ4v) is 1.98. The van der Waals surface area contributed by atoms with Crippen molar-refractivity contribution in [1.82, 2.24) is 0 Å². The van der Waals surface area contributed by atoms with Gasteiger partial charge in [0.1, 0.15) is 4.88 Å². The van der Waals surface area contributed by atoms with Crippen LogP contribution < -0.4 is 5.73 Å². The summed E-state index contributed by atoms with van der Waals surface area (Å²) in [6.07, 6.45) is 1.48. The molecule has 1 aromatic rings. The summed E-state index contributed by atoms with van der Waals surface area (Å²) in [5.41, 5.74) is 7.86. The van der Waals surface area contributed by atoms with Crippen LogP contribution in [0.15, 0.2) is 28.2 Å². The quantitative estimate of drug-likeness (QED) is 0.789. The maximum Gasteiger partial charge on any atom is 0.345 e. The second-order valence-corrected chi connectivity index (χ2v) is 4.09. The number of nitrogens with zero attached hydrogens (tertiary/aromatic N) is 1. The topological polar surface area (TPSA) is 75.7 Å². The Hall–Kier alpha value is -1.62. The third kappa shape index (κ3) is 2.70. The molecule has 3 N–H and O–H groups in total. The van der Waals surface area contributed by atoms with Crippen LogP contribution in [0.1, 0.15) is 29.1 Å². The van der Waals surface area contributed by atoms with Gasteiger partial charge in [-0.2, -0.15) is 0 Å². The molecule has 1 rings (SSSR count). The van der Waals surface area contributed by atoms with Gasteiger partial charge >= 0.3 is 5.97 Å². The minimum absolute atomic E-state index is 0.309. The van der Waals surface area contributed by atoms with Crippen molar-refractivity contribution in [2.24, 2.45) is 10.7 Å². The van der Waals surface area contributed by atoms with Crippen LogP contribution in [0, 0.1) is 0 Å². The lowest BCUT2D eigenvalue weighted by molar-refractivity contribution is 0.0702. The van der Waals surface area contributed by atoms with Gasteiger partial charge in [-0.1, -0.05) is 0 Å². The summed E-state index contributed by atoms with van der Waals surface area (Å²) in [5.74, 6) is -0.915. The molecule has 16 heavy (non-hydrogen) atoms. The first-order chi connectivity index (χ1) is 7.60. The Labute approximate surface area is 98.1 Å². The number of nitrogens with two attached hydrogens (primary N) is 1. The van der Waals surface area contributed by atoms with Crippen LogP contribution in [-0.4, -0.2) is 23.3 Å². The van der Waals surface area contributed by atoms with E-state index in [1.54, 1.807) is 11.4 Å². The summed E-state index contributed by atoms with van der Waals surface area (Å²) >= 11 is 1.19. The van der Waals surface area contributed by atoms with Gasteiger partial charge in [-0.05, 0) is 31.7 Å². The number of carboxylic acid groups (broad SMARTS) is 1. The number of carboxylic acids is 1. The van der Waals surface area contributed by atoms with Crippen molar-refractivity contribution in [3.05, 3.63) is 33.7 Å². The molecule has 5 heteroatoms. The number of hydrogen-bond acceptors (Lipinski definition) is 4. The van der Waals surface area contributed by atoms with E-state index in [4.69, 9.17) is 10.8 Å². The Kier molecular flexibility index (Phi) is 4.25. The highest BCUT2D eigenvalue weighted by Crippen LogP contribution is 2.18. The maximum atomic E-state index is 10.8. The van der Waals surface area contributed by atoms with E-state index in [1.807, 2.05) is 13.8 Å². The van der Waals surface area contributed by atoms with Crippen LogP contribution in [0.4, 0.5) is 0 Å². The van der Waals surface area contributed by atoms with E-state index < -0.39 is 5.97 Å². The first kappa shape index (κ1) is 12.4. The summed E-state index contributed by atoms with van der Waals surface area (Å²) in [6.45, 7) is 4.42. The summed E-state index contributed by atoms with van der Waals surface area (Å²) in [5, 5.41) is 10.6. The normalized spacial score (nSPS) is 12.9. The van der Waals surface area contributed by atoms with Gasteiger partial charge in [0.05, 0.1) is 5.71 Å². The second-order valence-electron chi connectivity index (χ2n) is 3.18. The largest absolute Gasteiger partial charge is 0.477 e. The van der Waals surface area contributed by atoms with Crippen molar-refractivity contribution < 1.29 is 9.90 Å². The fraction of sp³-hybridized carbons (Fsp3) is 0.273. The molecule has 0 spiro atoms. The predicted octanol–water partition coefficient (Wildman–Crippen LogP) is 2.12. The third-order valence-electron chi connectivity index (χ3n) is 2.02. The van der Waals surface area contributed by atoms with Gasteiger partial charge in [0, 0.05) is 17.5 Å². The molecule has 1 heterocycles. The Morgan fingerprint density at radius 3 is 2.81 bits per heavy atom. The van der Waals surface area contributed by atoms with Crippen LogP contribution in [0.25, 0.3) is 0 Å². The minimum Gasteiger partial charge on any atom is -0.477 e. The fourth-order valence-electron chi connectivity index (χ4n) is 1.25. The molecule has 0 amide bonds. The number of allylic oxidation sites excluding steroid dienone is 1. The molecule has 0 aliphatic rings. The molecule has 86 valence electrons. The minimum atomic E-state index is -0.915. The number of rotatable bonds is 4. The molecule has 0 aliphatic carbocycles. The van der Waals surface area contributed by atoms with Gasteiger partial charge in [0.2, 0.25) is 0 Å². The van der Waals surface area contributed by atoms with Gasteiger partial charge in [-0.15, -0.1) is 11.3 Å². The Morgan fingerprint density at radius 2 is 2.38 bits per heavy atom. The molecular weight excluding hydrogens is 224 g/mol. The highest BCUT2D eigenvalue weighted by Gasteiger charge is 2.11. The van der Waals surface area contributed by atoms with Gasteiger partial charge in [0.25, 0.3) is 0 Å². The zero-order chi connectivity index (χ0) is 12.1. The molecule has 0 saturated heterocycles. The maximum absolute atomic E-state index is 10.8. The Morgan fingerprint density at radius 1 is 1.69 bits per heavy atom. The Balaban J connectivity index is 3.12. The number of thiophene rings is 1. The summed E-state index contributed by atoms with van der Waals surface area (Å²) in [4.78, 5) is 15.4. The number of aromatic carboxylic acids is 1. The smallest absolute Gasteiger partial charge is 0.345 e. The van der Waals surface area contributed by atoms with Crippen molar-refractivity contribution >= 4 is 23.0 Å². The summed E-state index contributed by atoms with van der Waals surface area (Å²) in [7, 11) is 0. The molecule has 0 radical (unpaired) electrons.